The molecule has 4 aliphatic carbocycles. The number of rotatable bonds is 5. The lowest BCUT2D eigenvalue weighted by molar-refractivity contribution is 0.0357. The van der Waals surface area contributed by atoms with Gasteiger partial charge in [-0.1, -0.05) is 13.8 Å². The Morgan fingerprint density at radius 1 is 0.895 bits per heavy atom. The Hall–Kier alpha value is 0.860. The van der Waals surface area contributed by atoms with Gasteiger partial charge in [-0.3, -0.25) is 0 Å². The lowest BCUT2D eigenvalue weighted by atomic mass is 9.56. The minimum atomic E-state index is 0.303. The Balaban J connectivity index is 1.61. The molecule has 0 aromatic heterocycles. The van der Waals surface area contributed by atoms with Crippen LogP contribution in [0, 0.1) is 17.8 Å². The fourth-order valence-corrected chi connectivity index (χ4v) is 10.5. The highest BCUT2D eigenvalue weighted by Crippen LogP contribution is 2.67. The van der Waals surface area contributed by atoms with Crippen molar-refractivity contribution in [2.45, 2.75) is 63.2 Å². The molecule has 0 aromatic carbocycles. The van der Waals surface area contributed by atoms with Crippen molar-refractivity contribution in [2.24, 2.45) is 17.8 Å². The van der Waals surface area contributed by atoms with Crippen molar-refractivity contribution in [3.63, 3.8) is 0 Å². The van der Waals surface area contributed by atoms with Crippen LogP contribution in [-0.4, -0.2) is 36.5 Å². The molecule has 2 heteroatoms. The minimum absolute atomic E-state index is 0.303. The first-order valence-corrected chi connectivity index (χ1v) is 12.4. The Morgan fingerprint density at radius 2 is 1.37 bits per heavy atom. The minimum Gasteiger partial charge on any atom is -0.107 e. The Morgan fingerprint density at radius 3 is 1.79 bits per heavy atom. The van der Waals surface area contributed by atoms with Crippen molar-refractivity contribution in [2.75, 3.05) is 25.7 Å². The van der Waals surface area contributed by atoms with E-state index in [0.717, 1.165) is 28.6 Å². The summed E-state index contributed by atoms with van der Waals surface area (Å²) in [7, 11) is 0.607. The van der Waals surface area contributed by atoms with Crippen molar-refractivity contribution < 1.29 is 0 Å². The van der Waals surface area contributed by atoms with E-state index in [2.05, 4.69) is 27.2 Å². The molecule has 4 rings (SSSR count). The quantitative estimate of drug-likeness (QED) is 0.581. The van der Waals surface area contributed by atoms with Crippen LogP contribution in [0.15, 0.2) is 0 Å². The van der Waals surface area contributed by atoms with Gasteiger partial charge in [-0.25, -0.2) is 0 Å². The summed E-state index contributed by atoms with van der Waals surface area (Å²) in [4.78, 5) is 0. The van der Waals surface area contributed by atoms with E-state index in [9.17, 15) is 0 Å². The maximum atomic E-state index is 2.67. The molecule has 0 spiro atoms. The highest BCUT2D eigenvalue weighted by atomic mass is 31.1. The zero-order chi connectivity index (χ0) is 13.6. The predicted molar refractivity (Wildman–Crippen MR) is 91.5 cm³/mol. The van der Waals surface area contributed by atoms with E-state index < -0.39 is 0 Å². The Bertz CT molecular complexity index is 288. The second-order valence-electron chi connectivity index (χ2n) is 8.14. The van der Waals surface area contributed by atoms with Crippen LogP contribution < -0.4 is 0 Å². The fourth-order valence-electron chi connectivity index (χ4n) is 5.34. The SMILES string of the molecule is CC(C)P(C)CCP(C)C12CC3CC(CC(C3)C1)C2. The molecule has 110 valence electrons. The van der Waals surface area contributed by atoms with Gasteiger partial charge in [0.25, 0.3) is 0 Å². The first kappa shape index (κ1) is 14.8. The van der Waals surface area contributed by atoms with E-state index in [-0.39, 0.29) is 0 Å². The molecule has 2 atom stereocenters. The molecule has 4 fully saturated rings. The van der Waals surface area contributed by atoms with Crippen molar-refractivity contribution in [1.82, 2.24) is 0 Å². The van der Waals surface area contributed by atoms with Crippen LogP contribution in [0.25, 0.3) is 0 Å². The third kappa shape index (κ3) is 2.92. The monoisotopic (exact) mass is 298 g/mol. The molecule has 4 aliphatic rings. The molecule has 0 amide bonds. The zero-order valence-corrected chi connectivity index (χ0v) is 15.1. The first-order valence-electron chi connectivity index (χ1n) is 8.40. The van der Waals surface area contributed by atoms with E-state index in [1.807, 2.05) is 0 Å². The molecular formula is C17H32P2. The van der Waals surface area contributed by atoms with Gasteiger partial charge in [-0.2, -0.15) is 0 Å². The van der Waals surface area contributed by atoms with Crippen LogP contribution in [0.3, 0.4) is 0 Å². The second-order valence-corrected chi connectivity index (χ2v) is 13.9. The van der Waals surface area contributed by atoms with E-state index in [1.165, 1.54) is 0 Å². The second kappa shape index (κ2) is 5.57. The average molecular weight is 298 g/mol. The highest BCUT2D eigenvalue weighted by Gasteiger charge is 2.52. The summed E-state index contributed by atoms with van der Waals surface area (Å²) < 4.78 is 0. The first-order chi connectivity index (χ1) is 8.98. The third-order valence-corrected chi connectivity index (χ3v) is 12.6. The summed E-state index contributed by atoms with van der Waals surface area (Å²) in [6, 6.07) is 0. The van der Waals surface area contributed by atoms with E-state index in [1.54, 1.807) is 50.8 Å². The van der Waals surface area contributed by atoms with E-state index >= 15 is 0 Å². The summed E-state index contributed by atoms with van der Waals surface area (Å²) >= 11 is 0. The topological polar surface area (TPSA) is 0 Å². The molecule has 0 radical (unpaired) electrons. The van der Waals surface area contributed by atoms with Gasteiger partial charge < -0.3 is 0 Å². The molecular weight excluding hydrogens is 266 g/mol. The number of hydrogen-bond donors (Lipinski definition) is 0. The number of hydrogen-bond acceptors (Lipinski definition) is 0. The lowest BCUT2D eigenvalue weighted by Gasteiger charge is -2.59. The van der Waals surface area contributed by atoms with Crippen molar-refractivity contribution in [3.8, 4) is 0 Å². The molecule has 0 aromatic rings. The molecule has 0 N–H and O–H groups in total. The average Bonchev–Trinajstić information content (AvgIpc) is 2.33. The normalized spacial score (nSPS) is 43.7. The Labute approximate surface area is 123 Å². The van der Waals surface area contributed by atoms with Crippen LogP contribution in [0.1, 0.15) is 52.4 Å². The summed E-state index contributed by atoms with van der Waals surface area (Å²) in [6.07, 6.45) is 12.8. The van der Waals surface area contributed by atoms with Crippen molar-refractivity contribution >= 4 is 15.8 Å². The molecule has 0 nitrogen and oxygen atoms in total. The third-order valence-electron chi connectivity index (χ3n) is 6.49. The van der Waals surface area contributed by atoms with Gasteiger partial charge in [0, 0.05) is 0 Å². The maximum Gasteiger partial charge on any atom is -0.00888 e. The van der Waals surface area contributed by atoms with Gasteiger partial charge in [-0.15, -0.1) is 15.8 Å². The largest absolute Gasteiger partial charge is 0.107 e. The lowest BCUT2D eigenvalue weighted by Crippen LogP contribution is -2.49. The molecule has 0 heterocycles. The molecule has 0 saturated heterocycles. The summed E-state index contributed by atoms with van der Waals surface area (Å²) in [6.45, 7) is 10.1. The summed E-state index contributed by atoms with van der Waals surface area (Å²) in [5.74, 6) is 3.43. The molecule has 0 aliphatic heterocycles. The molecule has 19 heavy (non-hydrogen) atoms. The standard InChI is InChI=1S/C17H32P2/c1-13(2)18(3)5-6-19(4)17-10-14-7-15(11-17)9-16(8-14)12-17/h13-16H,5-12H2,1-4H3. The smallest absolute Gasteiger partial charge is 0.00888 e. The van der Waals surface area contributed by atoms with Crippen molar-refractivity contribution in [3.05, 3.63) is 0 Å². The molecule has 4 bridgehead atoms. The van der Waals surface area contributed by atoms with Gasteiger partial charge in [0.05, 0.1) is 0 Å². The Kier molecular flexibility index (Phi) is 4.33. The van der Waals surface area contributed by atoms with Crippen LogP contribution in [0.2, 0.25) is 0 Å². The van der Waals surface area contributed by atoms with Gasteiger partial charge in [0.15, 0.2) is 0 Å². The predicted octanol–water partition coefficient (Wildman–Crippen LogP) is 5.59. The van der Waals surface area contributed by atoms with Gasteiger partial charge in [-0.05, 0) is 92.7 Å². The summed E-state index contributed by atoms with van der Waals surface area (Å²) in [5.41, 5.74) is 0.940. The van der Waals surface area contributed by atoms with E-state index in [0.29, 0.717) is 15.8 Å². The summed E-state index contributed by atoms with van der Waals surface area (Å²) in [5, 5.41) is 0.858. The van der Waals surface area contributed by atoms with Crippen LogP contribution in [0.5, 0.6) is 0 Å². The highest BCUT2D eigenvalue weighted by molar-refractivity contribution is 7.62. The van der Waals surface area contributed by atoms with E-state index in [4.69, 9.17) is 0 Å². The van der Waals surface area contributed by atoms with Crippen LogP contribution in [0.4, 0.5) is 0 Å². The maximum absolute atomic E-state index is 2.67. The molecule has 2 unspecified atom stereocenters. The molecule has 4 saturated carbocycles. The van der Waals surface area contributed by atoms with Gasteiger partial charge in [0.1, 0.15) is 0 Å². The van der Waals surface area contributed by atoms with Gasteiger partial charge >= 0.3 is 0 Å². The van der Waals surface area contributed by atoms with Crippen LogP contribution >= 0.6 is 15.8 Å². The van der Waals surface area contributed by atoms with Gasteiger partial charge in [0.2, 0.25) is 0 Å². The fraction of sp³-hybridized carbons (Fsp3) is 1.00. The zero-order valence-electron chi connectivity index (χ0n) is 13.4. The van der Waals surface area contributed by atoms with Crippen LogP contribution in [-0.2, 0) is 0 Å². The van der Waals surface area contributed by atoms with Crippen molar-refractivity contribution in [1.29, 1.82) is 0 Å².